The predicted molar refractivity (Wildman–Crippen MR) is 169 cm³/mol. The van der Waals surface area contributed by atoms with E-state index in [0.717, 1.165) is 47.1 Å². The largest absolute Gasteiger partial charge is 0.476 e. The molecule has 9 rings (SSSR count). The SMILES string of the molecule is N[SH+](=O)c1ccc(Cc2c(-c3ccc(F)c(C4C5CC6CC(C5)CC4C6)c3)nn(-c3nc(C(=O)O)cs3)c2CC2CC2)cc1F. The summed E-state index contributed by atoms with van der Waals surface area (Å²) in [5.41, 5.74) is 4.62. The molecule has 234 valence electrons. The minimum absolute atomic E-state index is 0.0225. The number of benzene rings is 2. The Morgan fingerprint density at radius 3 is 2.38 bits per heavy atom. The van der Waals surface area contributed by atoms with Crippen molar-refractivity contribution in [2.45, 2.75) is 68.6 Å². The quantitative estimate of drug-likeness (QED) is 0.150. The molecule has 1 atom stereocenters. The highest BCUT2D eigenvalue weighted by molar-refractivity contribution is 7.82. The lowest BCUT2D eigenvalue weighted by Crippen LogP contribution is -2.44. The topological polar surface area (TPSA) is 111 Å². The fraction of sp³-hybridized carbons (Fsp3) is 0.441. The summed E-state index contributed by atoms with van der Waals surface area (Å²) in [7, 11) is -2.32. The van der Waals surface area contributed by atoms with E-state index in [9.17, 15) is 18.5 Å². The van der Waals surface area contributed by atoms with Crippen molar-refractivity contribution in [3.05, 3.63) is 81.5 Å². The molecular formula is C34H35F2N4O3S2+. The molecule has 0 saturated heterocycles. The number of nitrogens with two attached hydrogens (primary N) is 1. The zero-order valence-corrected chi connectivity index (χ0v) is 26.4. The Hall–Kier alpha value is -3.28. The first kappa shape index (κ1) is 29.1. The molecule has 5 fully saturated rings. The van der Waals surface area contributed by atoms with Crippen molar-refractivity contribution in [3.8, 4) is 16.4 Å². The van der Waals surface area contributed by atoms with Gasteiger partial charge in [0.1, 0.15) is 5.82 Å². The van der Waals surface area contributed by atoms with Gasteiger partial charge in [-0.15, -0.1) is 16.5 Å². The molecule has 11 heteroatoms. The van der Waals surface area contributed by atoms with E-state index in [1.165, 1.54) is 61.0 Å². The summed E-state index contributed by atoms with van der Waals surface area (Å²) in [6.45, 7) is 0. The first-order valence-electron chi connectivity index (χ1n) is 15.8. The van der Waals surface area contributed by atoms with Crippen LogP contribution in [-0.2, 0) is 28.0 Å². The molecule has 0 radical (unpaired) electrons. The Kier molecular flexibility index (Phi) is 7.26. The summed E-state index contributed by atoms with van der Waals surface area (Å²) in [6.07, 6.45) is 9.25. The number of carboxylic acids is 1. The molecule has 7 nitrogen and oxygen atoms in total. The van der Waals surface area contributed by atoms with Gasteiger partial charge in [0.25, 0.3) is 0 Å². The number of aromatic nitrogens is 3. The van der Waals surface area contributed by atoms with Crippen LogP contribution >= 0.6 is 11.3 Å². The van der Waals surface area contributed by atoms with Crippen LogP contribution in [0, 0.1) is 41.2 Å². The zero-order valence-electron chi connectivity index (χ0n) is 24.7. The van der Waals surface area contributed by atoms with E-state index in [-0.39, 0.29) is 22.3 Å². The number of carboxylic acid groups (broad SMARTS) is 1. The van der Waals surface area contributed by atoms with E-state index >= 15 is 4.39 Å². The summed E-state index contributed by atoms with van der Waals surface area (Å²) in [5, 5.41) is 22.1. The van der Waals surface area contributed by atoms with Crippen LogP contribution in [0.4, 0.5) is 8.78 Å². The minimum Gasteiger partial charge on any atom is -0.476 e. The van der Waals surface area contributed by atoms with Gasteiger partial charge in [0, 0.05) is 22.9 Å². The molecule has 0 spiro atoms. The third-order valence-corrected chi connectivity index (χ3v) is 12.3. The Labute approximate surface area is 266 Å². The molecule has 0 aliphatic heterocycles. The van der Waals surface area contributed by atoms with Crippen molar-refractivity contribution in [2.75, 3.05) is 0 Å². The number of aromatic carboxylic acids is 1. The number of thiazole rings is 1. The fourth-order valence-corrected chi connectivity index (χ4v) is 10.0. The van der Waals surface area contributed by atoms with Crippen LogP contribution in [0.25, 0.3) is 16.4 Å². The van der Waals surface area contributed by atoms with Gasteiger partial charge in [0.2, 0.25) is 10.0 Å². The number of carbonyl (C=O) groups is 1. The molecule has 5 aliphatic carbocycles. The highest BCUT2D eigenvalue weighted by Gasteiger charge is 2.49. The summed E-state index contributed by atoms with van der Waals surface area (Å²) < 4.78 is 44.3. The van der Waals surface area contributed by atoms with E-state index in [4.69, 9.17) is 10.2 Å². The Morgan fingerprint density at radius 2 is 1.76 bits per heavy atom. The van der Waals surface area contributed by atoms with Gasteiger partial charge < -0.3 is 5.11 Å². The highest BCUT2D eigenvalue weighted by atomic mass is 32.2. The van der Waals surface area contributed by atoms with Crippen LogP contribution in [0.3, 0.4) is 0 Å². The van der Waals surface area contributed by atoms with Gasteiger partial charge in [-0.2, -0.15) is 5.10 Å². The Bertz CT molecular complexity index is 1820. The predicted octanol–water partition coefficient (Wildman–Crippen LogP) is 6.98. The Morgan fingerprint density at radius 1 is 1.02 bits per heavy atom. The van der Waals surface area contributed by atoms with Gasteiger partial charge in [-0.3, -0.25) is 0 Å². The number of thiol groups is 1. The molecule has 2 aromatic carbocycles. The van der Waals surface area contributed by atoms with Gasteiger partial charge in [0.15, 0.2) is 22.5 Å². The van der Waals surface area contributed by atoms with Crippen LogP contribution in [0.5, 0.6) is 0 Å². The fourth-order valence-electron chi connectivity index (χ4n) is 8.75. The van der Waals surface area contributed by atoms with Gasteiger partial charge in [-0.1, -0.05) is 10.3 Å². The number of hydrogen-bond donors (Lipinski definition) is 2. The lowest BCUT2D eigenvalue weighted by molar-refractivity contribution is -0.00386. The van der Waals surface area contributed by atoms with E-state index in [0.29, 0.717) is 47.0 Å². The van der Waals surface area contributed by atoms with Crippen molar-refractivity contribution >= 4 is 28.3 Å². The van der Waals surface area contributed by atoms with Gasteiger partial charge in [0.05, 0.1) is 11.4 Å². The molecule has 5 aliphatic rings. The molecule has 0 amide bonds. The lowest BCUT2D eigenvalue weighted by Gasteiger charge is -2.54. The maximum atomic E-state index is 15.7. The molecular weight excluding hydrogens is 615 g/mol. The third-order valence-electron chi connectivity index (χ3n) is 10.6. The monoisotopic (exact) mass is 649 g/mol. The zero-order chi connectivity index (χ0) is 31.0. The van der Waals surface area contributed by atoms with E-state index in [1.807, 2.05) is 6.07 Å². The second-order valence-electron chi connectivity index (χ2n) is 13.6. The maximum absolute atomic E-state index is 15.7. The second kappa shape index (κ2) is 11.2. The van der Waals surface area contributed by atoms with Crippen molar-refractivity contribution in [1.82, 2.24) is 14.8 Å². The molecule has 2 heterocycles. The first-order chi connectivity index (χ1) is 21.7. The van der Waals surface area contributed by atoms with Crippen molar-refractivity contribution in [1.29, 1.82) is 0 Å². The van der Waals surface area contributed by atoms with Gasteiger partial charge in [-0.25, -0.2) is 23.2 Å². The van der Waals surface area contributed by atoms with Crippen molar-refractivity contribution < 1.29 is 22.9 Å². The molecule has 45 heavy (non-hydrogen) atoms. The number of halogens is 2. The normalized spacial score (nSPS) is 26.0. The molecule has 3 N–H and O–H groups in total. The van der Waals surface area contributed by atoms with Crippen LogP contribution in [0.2, 0.25) is 0 Å². The molecule has 4 bridgehead atoms. The summed E-state index contributed by atoms with van der Waals surface area (Å²) in [5.74, 6) is 1.33. The second-order valence-corrected chi connectivity index (χ2v) is 15.6. The molecule has 4 aromatic rings. The number of hydrogen-bond acceptors (Lipinski definition) is 5. The van der Waals surface area contributed by atoms with Crippen LogP contribution in [0.15, 0.2) is 46.7 Å². The standard InChI is InChI=1S/C34H34F2N4O3S2/c35-26-5-4-21(15-24(26)31-22-8-19-7-20(10-22)11-23(31)9-19)32-25(12-18-3-6-30(45(37)43)27(36)13-18)29(14-17-1-2-17)40(39-32)34-38-28(16-44-34)33(41)42/h3-6,13,15-17,19-20,22-23,31H,1-2,7-12,14H2,(H2,37,43)(H,41,42)/p+1. The molecule has 1 unspecified atom stereocenters. The first-order valence-corrected chi connectivity index (χ1v) is 18.0. The van der Waals surface area contributed by atoms with Gasteiger partial charge in [-0.05, 0) is 128 Å². The molecule has 5 saturated carbocycles. The average Bonchev–Trinajstić information content (AvgIpc) is 3.55. The van der Waals surface area contributed by atoms with E-state index in [2.05, 4.69) is 4.98 Å². The maximum Gasteiger partial charge on any atom is 0.355 e. The lowest BCUT2D eigenvalue weighted by atomic mass is 9.50. The third kappa shape index (κ3) is 5.36. The number of nitrogens with zero attached hydrogens (tertiary/aromatic N) is 3. The van der Waals surface area contributed by atoms with E-state index < -0.39 is 22.8 Å². The average molecular weight is 650 g/mol. The molecule has 2 aromatic heterocycles. The summed E-state index contributed by atoms with van der Waals surface area (Å²) in [4.78, 5) is 16.1. The summed E-state index contributed by atoms with van der Waals surface area (Å²) >= 11 is 1.21. The van der Waals surface area contributed by atoms with Crippen molar-refractivity contribution in [2.24, 2.45) is 34.7 Å². The summed E-state index contributed by atoms with van der Waals surface area (Å²) in [6, 6.07) is 9.91. The van der Waals surface area contributed by atoms with Crippen LogP contribution in [-0.4, -0.2) is 25.8 Å². The van der Waals surface area contributed by atoms with Crippen LogP contribution in [0.1, 0.15) is 83.7 Å². The van der Waals surface area contributed by atoms with Crippen LogP contribution < -0.4 is 5.14 Å². The van der Waals surface area contributed by atoms with Crippen molar-refractivity contribution in [3.63, 3.8) is 0 Å². The van der Waals surface area contributed by atoms with E-state index in [1.54, 1.807) is 22.9 Å². The minimum atomic E-state index is -2.32. The smallest absolute Gasteiger partial charge is 0.355 e. The number of rotatable bonds is 9. The Balaban J connectivity index is 1.26. The van der Waals surface area contributed by atoms with Gasteiger partial charge >= 0.3 is 5.97 Å². The highest BCUT2D eigenvalue weighted by Crippen LogP contribution is 2.60.